The van der Waals surface area contributed by atoms with Crippen molar-refractivity contribution in [1.82, 2.24) is 9.80 Å². The summed E-state index contributed by atoms with van der Waals surface area (Å²) in [6.07, 6.45) is -0.511. The summed E-state index contributed by atoms with van der Waals surface area (Å²) in [6, 6.07) is 0. The van der Waals surface area contributed by atoms with Crippen molar-refractivity contribution in [2.45, 2.75) is 6.10 Å². The second kappa shape index (κ2) is 9.22. The van der Waals surface area contributed by atoms with Gasteiger partial charge in [-0.25, -0.2) is 0 Å². The van der Waals surface area contributed by atoms with E-state index in [0.717, 1.165) is 26.2 Å². The topological polar surface area (TPSA) is 82.5 Å². The van der Waals surface area contributed by atoms with Crippen LogP contribution < -0.4 is 0 Å². The fourth-order valence-electron chi connectivity index (χ4n) is 2.03. The third-order valence-electron chi connectivity index (χ3n) is 3.03. The van der Waals surface area contributed by atoms with Gasteiger partial charge in [0.05, 0.1) is 32.5 Å². The standard InChI is InChI=1S/C12H24N2O5/c1-18-6-7-19-10-11(15)8-13-2-4-14(5-3-13)9-12(16)17/h11,15H,2-10H2,1H3,(H,16,17). The predicted molar refractivity (Wildman–Crippen MR) is 69.2 cm³/mol. The normalized spacial score (nSPS) is 19.5. The Kier molecular flexibility index (Phi) is 7.92. The molecule has 1 aliphatic heterocycles. The highest BCUT2D eigenvalue weighted by Crippen LogP contribution is 2.02. The van der Waals surface area contributed by atoms with Gasteiger partial charge in [0, 0.05) is 39.8 Å². The molecule has 1 fully saturated rings. The van der Waals surface area contributed by atoms with Gasteiger partial charge < -0.3 is 19.7 Å². The highest BCUT2D eigenvalue weighted by atomic mass is 16.5. The van der Waals surface area contributed by atoms with Crippen molar-refractivity contribution in [3.8, 4) is 0 Å². The largest absolute Gasteiger partial charge is 0.480 e. The average Bonchev–Trinajstić information content (AvgIpc) is 2.36. The Balaban J connectivity index is 2.09. The quantitative estimate of drug-likeness (QED) is 0.507. The molecule has 0 aromatic rings. The lowest BCUT2D eigenvalue weighted by Crippen LogP contribution is -2.50. The van der Waals surface area contributed by atoms with E-state index in [1.54, 1.807) is 7.11 Å². The van der Waals surface area contributed by atoms with E-state index in [2.05, 4.69) is 4.90 Å². The summed E-state index contributed by atoms with van der Waals surface area (Å²) >= 11 is 0. The van der Waals surface area contributed by atoms with Gasteiger partial charge in [-0.1, -0.05) is 0 Å². The number of ether oxygens (including phenoxy) is 2. The third kappa shape index (κ3) is 7.44. The number of aliphatic carboxylic acids is 1. The number of hydrogen-bond donors (Lipinski definition) is 2. The molecule has 7 heteroatoms. The van der Waals surface area contributed by atoms with E-state index >= 15 is 0 Å². The first-order valence-corrected chi connectivity index (χ1v) is 6.53. The van der Waals surface area contributed by atoms with Crippen LogP contribution in [0.3, 0.4) is 0 Å². The Morgan fingerprint density at radius 1 is 1.21 bits per heavy atom. The molecule has 0 radical (unpaired) electrons. The molecular formula is C12H24N2O5. The summed E-state index contributed by atoms with van der Waals surface area (Å²) in [5, 5.41) is 18.5. The number of methoxy groups -OCH3 is 1. The van der Waals surface area contributed by atoms with Crippen LogP contribution in [0, 0.1) is 0 Å². The second-order valence-electron chi connectivity index (χ2n) is 4.69. The minimum atomic E-state index is -0.792. The van der Waals surface area contributed by atoms with E-state index in [4.69, 9.17) is 14.6 Å². The molecule has 7 nitrogen and oxygen atoms in total. The molecular weight excluding hydrogens is 252 g/mol. The summed E-state index contributed by atoms with van der Waals surface area (Å²) in [4.78, 5) is 14.6. The predicted octanol–water partition coefficient (Wildman–Crippen LogP) is -1.29. The fraction of sp³-hybridized carbons (Fsp3) is 0.917. The zero-order valence-electron chi connectivity index (χ0n) is 11.5. The summed E-state index contributed by atoms with van der Waals surface area (Å²) in [5.41, 5.74) is 0. The first-order chi connectivity index (χ1) is 9.11. The van der Waals surface area contributed by atoms with Crippen LogP contribution in [0.5, 0.6) is 0 Å². The minimum Gasteiger partial charge on any atom is -0.480 e. The zero-order valence-corrected chi connectivity index (χ0v) is 11.5. The van der Waals surface area contributed by atoms with E-state index < -0.39 is 12.1 Å². The molecule has 2 N–H and O–H groups in total. The van der Waals surface area contributed by atoms with Crippen LogP contribution in [0.15, 0.2) is 0 Å². The lowest BCUT2D eigenvalue weighted by Gasteiger charge is -2.34. The number of hydrogen-bond acceptors (Lipinski definition) is 6. The van der Waals surface area contributed by atoms with Gasteiger partial charge in [0.25, 0.3) is 0 Å². The van der Waals surface area contributed by atoms with Crippen LogP contribution in [0.2, 0.25) is 0 Å². The first kappa shape index (κ1) is 16.3. The third-order valence-corrected chi connectivity index (χ3v) is 3.03. The van der Waals surface area contributed by atoms with E-state index in [0.29, 0.717) is 26.4 Å². The number of nitrogens with zero attached hydrogens (tertiary/aromatic N) is 2. The van der Waals surface area contributed by atoms with Crippen LogP contribution in [0.4, 0.5) is 0 Å². The minimum absolute atomic E-state index is 0.0938. The number of β-amino-alcohol motifs (C(OH)–C–C–N with tert-alkyl or cyclic N) is 1. The summed E-state index contributed by atoms with van der Waals surface area (Å²) in [5.74, 6) is -0.792. The van der Waals surface area contributed by atoms with Gasteiger partial charge in [-0.05, 0) is 0 Å². The Bertz CT molecular complexity index is 257. The molecule has 0 saturated carbocycles. The zero-order chi connectivity index (χ0) is 14.1. The van der Waals surface area contributed by atoms with E-state index in [-0.39, 0.29) is 6.54 Å². The van der Waals surface area contributed by atoms with Gasteiger partial charge in [-0.15, -0.1) is 0 Å². The molecule has 0 aliphatic carbocycles. The molecule has 19 heavy (non-hydrogen) atoms. The van der Waals surface area contributed by atoms with Gasteiger partial charge in [0.1, 0.15) is 0 Å². The van der Waals surface area contributed by atoms with Crippen molar-refractivity contribution in [3.05, 3.63) is 0 Å². The fourth-order valence-corrected chi connectivity index (χ4v) is 2.03. The maximum Gasteiger partial charge on any atom is 0.317 e. The van der Waals surface area contributed by atoms with Crippen LogP contribution in [-0.4, -0.2) is 98.3 Å². The molecule has 1 rings (SSSR count). The number of carboxylic acids is 1. The van der Waals surface area contributed by atoms with Gasteiger partial charge >= 0.3 is 5.97 Å². The van der Waals surface area contributed by atoms with E-state index in [1.807, 2.05) is 4.90 Å². The lowest BCUT2D eigenvalue weighted by molar-refractivity contribution is -0.138. The second-order valence-corrected chi connectivity index (χ2v) is 4.69. The van der Waals surface area contributed by atoms with Gasteiger partial charge in [-0.3, -0.25) is 14.6 Å². The molecule has 0 aromatic heterocycles. The molecule has 1 heterocycles. The maximum absolute atomic E-state index is 10.6. The molecule has 1 aliphatic rings. The summed E-state index contributed by atoms with van der Waals surface area (Å²) in [7, 11) is 1.61. The van der Waals surface area contributed by atoms with Gasteiger partial charge in [0.15, 0.2) is 0 Å². The number of piperazine rings is 1. The molecule has 0 bridgehead atoms. The lowest BCUT2D eigenvalue weighted by atomic mass is 10.2. The van der Waals surface area contributed by atoms with Crippen LogP contribution in [0.1, 0.15) is 0 Å². The first-order valence-electron chi connectivity index (χ1n) is 6.53. The van der Waals surface area contributed by atoms with Crippen molar-refractivity contribution in [2.24, 2.45) is 0 Å². The molecule has 1 saturated heterocycles. The van der Waals surface area contributed by atoms with Crippen LogP contribution in [-0.2, 0) is 14.3 Å². The molecule has 0 amide bonds. The number of carbonyl (C=O) groups is 1. The maximum atomic E-state index is 10.6. The Hall–Kier alpha value is -0.730. The van der Waals surface area contributed by atoms with Crippen molar-refractivity contribution in [3.63, 3.8) is 0 Å². The molecule has 0 spiro atoms. The van der Waals surface area contributed by atoms with Crippen molar-refractivity contribution in [1.29, 1.82) is 0 Å². The van der Waals surface area contributed by atoms with Gasteiger partial charge in [-0.2, -0.15) is 0 Å². The van der Waals surface area contributed by atoms with E-state index in [9.17, 15) is 9.90 Å². The van der Waals surface area contributed by atoms with Crippen molar-refractivity contribution in [2.75, 3.05) is 66.2 Å². The molecule has 1 unspecified atom stereocenters. The number of aliphatic hydroxyl groups excluding tert-OH is 1. The Labute approximate surface area is 113 Å². The molecule has 0 aromatic carbocycles. The van der Waals surface area contributed by atoms with Crippen molar-refractivity contribution >= 4 is 5.97 Å². The molecule has 1 atom stereocenters. The highest BCUT2D eigenvalue weighted by molar-refractivity contribution is 5.69. The smallest absolute Gasteiger partial charge is 0.317 e. The number of carboxylic acid groups (broad SMARTS) is 1. The van der Waals surface area contributed by atoms with Crippen LogP contribution >= 0.6 is 0 Å². The van der Waals surface area contributed by atoms with Crippen LogP contribution in [0.25, 0.3) is 0 Å². The Morgan fingerprint density at radius 2 is 1.84 bits per heavy atom. The van der Waals surface area contributed by atoms with Gasteiger partial charge in [0.2, 0.25) is 0 Å². The number of rotatable bonds is 9. The summed E-state index contributed by atoms with van der Waals surface area (Å²) in [6.45, 7) is 4.99. The SMILES string of the molecule is COCCOCC(O)CN1CCN(CC(=O)O)CC1. The summed E-state index contributed by atoms with van der Waals surface area (Å²) < 4.78 is 10.1. The molecule has 112 valence electrons. The van der Waals surface area contributed by atoms with Crippen molar-refractivity contribution < 1.29 is 24.5 Å². The average molecular weight is 276 g/mol. The van der Waals surface area contributed by atoms with E-state index in [1.165, 1.54) is 0 Å². The monoisotopic (exact) mass is 276 g/mol. The number of aliphatic hydroxyl groups is 1. The Morgan fingerprint density at radius 3 is 2.42 bits per heavy atom. The highest BCUT2D eigenvalue weighted by Gasteiger charge is 2.20.